The molecule has 0 fully saturated rings. The Kier molecular flexibility index (Phi) is 9.60. The number of rotatable bonds is 7. The fraction of sp³-hybridized carbons (Fsp3) is 0.120. The van der Waals surface area contributed by atoms with Gasteiger partial charge in [-0.1, -0.05) is 65.1 Å². The van der Waals surface area contributed by atoms with E-state index in [-0.39, 0.29) is 12.3 Å². The number of hydrogen-bond acceptors (Lipinski definition) is 3. The number of alkyl halides is 3. The van der Waals surface area contributed by atoms with Gasteiger partial charge in [-0.05, 0) is 42.0 Å². The fourth-order valence-electron chi connectivity index (χ4n) is 3.25. The van der Waals surface area contributed by atoms with Crippen LogP contribution in [0.5, 0.6) is 5.75 Å². The Morgan fingerprint density at radius 3 is 2.11 bits per heavy atom. The number of aldehydes is 1. The van der Waals surface area contributed by atoms with Crippen LogP contribution in [-0.4, -0.2) is 23.0 Å². The molecule has 10 heteroatoms. The van der Waals surface area contributed by atoms with Gasteiger partial charge in [-0.3, -0.25) is 4.79 Å². The highest BCUT2D eigenvalue weighted by Crippen LogP contribution is 2.31. The minimum absolute atomic E-state index is 0.128. The van der Waals surface area contributed by atoms with E-state index in [9.17, 15) is 18.0 Å². The molecule has 0 saturated heterocycles. The first-order chi connectivity index (χ1) is 16.9. The zero-order valence-electron chi connectivity index (χ0n) is 18.0. The number of carbonyl (C=O) groups is 1. The second kappa shape index (κ2) is 12.6. The predicted octanol–water partition coefficient (Wildman–Crippen LogP) is 8.24. The minimum Gasteiger partial charge on any atom is -0.487 e. The van der Waals surface area contributed by atoms with E-state index in [4.69, 9.17) is 39.5 Å². The summed E-state index contributed by atoms with van der Waals surface area (Å²) in [7, 11) is 0. The van der Waals surface area contributed by atoms with Gasteiger partial charge in [-0.15, -0.1) is 0 Å². The smallest absolute Gasteiger partial charge is 0.229 e. The summed E-state index contributed by atoms with van der Waals surface area (Å²) in [5, 5.41) is 5.55. The Hall–Kier alpha value is -3.00. The van der Waals surface area contributed by atoms with Crippen LogP contribution in [-0.2, 0) is 13.3 Å². The Bertz CT molecular complexity index is 1280. The maximum atomic E-state index is 13.3. The highest BCUT2D eigenvalue weighted by Gasteiger charge is 2.16. The number of ether oxygens (including phenoxy) is 1. The second-order valence-corrected chi connectivity index (χ2v) is 8.24. The number of halogens is 6. The molecular formula is C25H18Cl3F3N2O2. The quantitative estimate of drug-likeness (QED) is 0.221. The number of hydrogen-bond donors (Lipinski definition) is 0. The van der Waals surface area contributed by atoms with E-state index in [1.807, 2.05) is 12.1 Å². The zero-order chi connectivity index (χ0) is 25.4. The molecule has 4 nitrogen and oxygen atoms in total. The first kappa shape index (κ1) is 26.6. The van der Waals surface area contributed by atoms with Crippen LogP contribution in [0.25, 0.3) is 16.8 Å². The van der Waals surface area contributed by atoms with Crippen LogP contribution in [0.3, 0.4) is 0 Å². The lowest BCUT2D eigenvalue weighted by atomic mass is 10.0. The largest absolute Gasteiger partial charge is 0.487 e. The van der Waals surface area contributed by atoms with Crippen molar-refractivity contribution in [3.63, 3.8) is 0 Å². The molecule has 0 spiro atoms. The molecular weight excluding hydrogens is 524 g/mol. The topological polar surface area (TPSA) is 44.1 Å². The molecule has 4 rings (SSSR count). The van der Waals surface area contributed by atoms with Crippen LogP contribution in [0.1, 0.15) is 21.7 Å². The minimum atomic E-state index is -1.75. The van der Waals surface area contributed by atoms with Crippen LogP contribution >= 0.6 is 34.8 Å². The normalized spacial score (nSPS) is 10.5. The number of aromatic nitrogens is 2. The molecule has 0 amide bonds. The Balaban J connectivity index is 0.00000108. The molecule has 0 saturated carbocycles. The summed E-state index contributed by atoms with van der Waals surface area (Å²) in [6.45, 7) is -2.34. The summed E-state index contributed by atoms with van der Waals surface area (Å²) < 4.78 is 39.9. The molecule has 1 aromatic heterocycles. The second-order valence-electron chi connectivity index (χ2n) is 7.01. The van der Waals surface area contributed by atoms with Gasteiger partial charge in [0.1, 0.15) is 31.0 Å². The molecule has 0 aliphatic heterocycles. The van der Waals surface area contributed by atoms with Gasteiger partial charge < -0.3 is 4.74 Å². The average Bonchev–Trinajstić information content (AvgIpc) is 3.26. The lowest BCUT2D eigenvalue weighted by Crippen LogP contribution is -2.07. The summed E-state index contributed by atoms with van der Waals surface area (Å²) in [5.74, 6) is 0.606. The van der Waals surface area contributed by atoms with Crippen LogP contribution in [0.2, 0.25) is 15.1 Å². The molecule has 35 heavy (non-hydrogen) atoms. The summed E-state index contributed by atoms with van der Waals surface area (Å²) >= 11 is 18.9. The van der Waals surface area contributed by atoms with E-state index in [2.05, 4.69) is 5.10 Å². The summed E-state index contributed by atoms with van der Waals surface area (Å²) in [5.41, 5.74) is 3.53. The van der Waals surface area contributed by atoms with Gasteiger partial charge in [0.15, 0.2) is 0 Å². The van der Waals surface area contributed by atoms with Gasteiger partial charge in [0.2, 0.25) is 6.93 Å². The predicted molar refractivity (Wildman–Crippen MR) is 132 cm³/mol. The average molecular weight is 542 g/mol. The van der Waals surface area contributed by atoms with Crippen LogP contribution < -0.4 is 4.74 Å². The molecule has 3 aromatic carbocycles. The van der Waals surface area contributed by atoms with Crippen molar-refractivity contribution in [3.8, 4) is 22.6 Å². The van der Waals surface area contributed by atoms with Gasteiger partial charge in [-0.25, -0.2) is 17.9 Å². The lowest BCUT2D eigenvalue weighted by molar-refractivity contribution is 0.112. The van der Waals surface area contributed by atoms with E-state index >= 15 is 0 Å². The van der Waals surface area contributed by atoms with Crippen molar-refractivity contribution in [1.82, 2.24) is 9.78 Å². The first-order valence-electron chi connectivity index (χ1n) is 10.1. The van der Waals surface area contributed by atoms with Crippen molar-refractivity contribution < 1.29 is 22.7 Å². The molecule has 0 atom stereocenters. The SMILES string of the molecule is FCF.O=Cc1ccc(-c2ccc(OCc3cc(CF)nn3-c3c(Cl)cccc3Cl)cc2)c(Cl)c1. The van der Waals surface area contributed by atoms with Crippen molar-refractivity contribution in [1.29, 1.82) is 0 Å². The molecule has 0 unspecified atom stereocenters. The lowest BCUT2D eigenvalue weighted by Gasteiger charge is -2.12. The molecule has 0 radical (unpaired) electrons. The van der Waals surface area contributed by atoms with Gasteiger partial charge >= 0.3 is 0 Å². The summed E-state index contributed by atoms with van der Waals surface area (Å²) in [6, 6.07) is 19.2. The third-order valence-corrected chi connectivity index (χ3v) is 5.72. The third-order valence-electron chi connectivity index (χ3n) is 4.80. The number of benzene rings is 3. The van der Waals surface area contributed by atoms with Crippen LogP contribution in [0, 0.1) is 0 Å². The van der Waals surface area contributed by atoms with Crippen LogP contribution in [0.4, 0.5) is 13.2 Å². The van der Waals surface area contributed by atoms with E-state index in [0.717, 1.165) is 17.4 Å². The Morgan fingerprint density at radius 1 is 0.886 bits per heavy atom. The number of para-hydroxylation sites is 1. The van der Waals surface area contributed by atoms with Crippen molar-refractivity contribution in [2.24, 2.45) is 0 Å². The van der Waals surface area contributed by atoms with E-state index in [1.165, 1.54) is 4.68 Å². The summed E-state index contributed by atoms with van der Waals surface area (Å²) in [6.07, 6.45) is 0.751. The standard InChI is InChI=1S/C24H16Cl3FN2O2.CH2F2/c25-21-2-1-3-22(26)24(21)30-18(11-17(12-28)29-30)14-32-19-7-5-16(6-8-19)20-9-4-15(13-31)10-23(20)27;2-1-3/h1-11,13H,12,14H2;1H2. The highest BCUT2D eigenvalue weighted by molar-refractivity contribution is 6.37. The Morgan fingerprint density at radius 2 is 1.54 bits per heavy atom. The van der Waals surface area contributed by atoms with Crippen molar-refractivity contribution >= 4 is 41.1 Å². The van der Waals surface area contributed by atoms with Gasteiger partial charge in [0.05, 0.1) is 21.4 Å². The highest BCUT2D eigenvalue weighted by atomic mass is 35.5. The molecule has 182 valence electrons. The van der Waals surface area contributed by atoms with Gasteiger partial charge in [0.25, 0.3) is 0 Å². The zero-order valence-corrected chi connectivity index (χ0v) is 20.3. The molecule has 1 heterocycles. The van der Waals surface area contributed by atoms with E-state index in [0.29, 0.717) is 37.8 Å². The number of nitrogens with zero attached hydrogens (tertiary/aromatic N) is 2. The molecule has 0 aliphatic carbocycles. The van der Waals surface area contributed by atoms with E-state index < -0.39 is 13.6 Å². The molecule has 4 aromatic rings. The maximum absolute atomic E-state index is 13.3. The monoisotopic (exact) mass is 540 g/mol. The summed E-state index contributed by atoms with van der Waals surface area (Å²) in [4.78, 5) is 10.9. The maximum Gasteiger partial charge on any atom is 0.229 e. The van der Waals surface area contributed by atoms with Gasteiger partial charge in [-0.2, -0.15) is 5.10 Å². The molecule has 0 N–H and O–H groups in total. The number of carbonyl (C=O) groups excluding carboxylic acids is 1. The van der Waals surface area contributed by atoms with Crippen LogP contribution in [0.15, 0.2) is 66.7 Å². The first-order valence-corrected chi connectivity index (χ1v) is 11.2. The van der Waals surface area contributed by atoms with E-state index in [1.54, 1.807) is 54.6 Å². The fourth-order valence-corrected chi connectivity index (χ4v) is 4.11. The Labute approximate surface area is 214 Å². The molecule has 0 bridgehead atoms. The van der Waals surface area contributed by atoms with Crippen molar-refractivity contribution in [3.05, 3.63) is 98.7 Å². The van der Waals surface area contributed by atoms with Crippen molar-refractivity contribution in [2.75, 3.05) is 6.93 Å². The van der Waals surface area contributed by atoms with Crippen molar-refractivity contribution in [2.45, 2.75) is 13.3 Å². The molecule has 0 aliphatic rings. The third kappa shape index (κ3) is 6.57. The van der Waals surface area contributed by atoms with Gasteiger partial charge in [0, 0.05) is 16.1 Å².